The monoisotopic (exact) mass is 512 g/mol. The molecule has 2 aliphatic rings. The largest absolute Gasteiger partial charge is 0.493 e. The fourth-order valence-corrected chi connectivity index (χ4v) is 5.19. The summed E-state index contributed by atoms with van der Waals surface area (Å²) in [5.74, 6) is 0.427. The van der Waals surface area contributed by atoms with Gasteiger partial charge < -0.3 is 9.47 Å². The van der Waals surface area contributed by atoms with E-state index in [1.807, 2.05) is 31.2 Å². The zero-order valence-corrected chi connectivity index (χ0v) is 20.9. The maximum absolute atomic E-state index is 12.5. The summed E-state index contributed by atoms with van der Waals surface area (Å²) in [5, 5.41) is 8.24. The minimum absolute atomic E-state index is 0.0165. The highest BCUT2D eigenvalue weighted by Gasteiger charge is 2.42. The number of hydrogen-bond acceptors (Lipinski definition) is 8. The van der Waals surface area contributed by atoms with E-state index in [4.69, 9.17) is 14.9 Å². The number of aliphatic imine (C=N–C) groups is 1. The Bertz CT molecular complexity index is 1330. The lowest BCUT2D eigenvalue weighted by molar-refractivity contribution is -0.114. The number of amides is 1. The number of aryl methyl sites for hydroxylation is 1. The number of sulfone groups is 1. The molecule has 2 aliphatic heterocycles. The highest BCUT2D eigenvalue weighted by Crippen LogP contribution is 2.30. The molecule has 1 N–H and O–H groups in total. The molecule has 0 fully saturated rings. The van der Waals surface area contributed by atoms with Crippen LogP contribution in [0.15, 0.2) is 63.5 Å². The highest BCUT2D eigenvalue weighted by atomic mass is 32.2. The van der Waals surface area contributed by atoms with Crippen molar-refractivity contribution in [3.05, 3.63) is 65.2 Å². The smallest absolute Gasteiger partial charge is 0.283 e. The van der Waals surface area contributed by atoms with E-state index < -0.39 is 15.7 Å². The molecule has 2 heterocycles. The Kier molecular flexibility index (Phi) is 7.37. The Labute approximate surface area is 208 Å². The first-order valence-corrected chi connectivity index (χ1v) is 13.3. The average Bonchev–Trinajstić information content (AvgIpc) is 3.28. The summed E-state index contributed by atoms with van der Waals surface area (Å²) < 4.78 is 40.0. The van der Waals surface area contributed by atoms with Gasteiger partial charge >= 0.3 is 0 Å². The second-order valence-corrected chi connectivity index (χ2v) is 10.6. The molecule has 35 heavy (non-hydrogen) atoms. The predicted octanol–water partition coefficient (Wildman–Crippen LogP) is 3.85. The number of rotatable bonds is 8. The van der Waals surface area contributed by atoms with E-state index >= 15 is 0 Å². The van der Waals surface area contributed by atoms with Crippen LogP contribution in [0.1, 0.15) is 24.5 Å². The molecular formula is C24H24N4O5S2. The van der Waals surface area contributed by atoms with Crippen molar-refractivity contribution >= 4 is 49.9 Å². The molecule has 4 rings (SSSR count). The van der Waals surface area contributed by atoms with Crippen molar-refractivity contribution in [3.63, 3.8) is 0 Å². The Morgan fingerprint density at radius 2 is 1.63 bits per heavy atom. The predicted molar refractivity (Wildman–Crippen MR) is 138 cm³/mol. The van der Waals surface area contributed by atoms with Crippen LogP contribution in [0.4, 0.5) is 0 Å². The van der Waals surface area contributed by atoms with Crippen LogP contribution in [0.25, 0.3) is 6.08 Å². The molecule has 0 bridgehead atoms. The van der Waals surface area contributed by atoms with Gasteiger partial charge in [-0.25, -0.2) is 13.3 Å². The number of nitrogens with one attached hydrogen (secondary N) is 1. The van der Waals surface area contributed by atoms with Crippen LogP contribution in [-0.4, -0.2) is 54.4 Å². The van der Waals surface area contributed by atoms with Crippen molar-refractivity contribution in [2.45, 2.75) is 20.3 Å². The van der Waals surface area contributed by atoms with E-state index in [9.17, 15) is 13.2 Å². The molecular weight excluding hydrogens is 488 g/mol. The summed E-state index contributed by atoms with van der Waals surface area (Å²) in [5.41, 5.74) is 1.81. The number of ether oxygens (including phenoxy) is 2. The van der Waals surface area contributed by atoms with E-state index in [0.29, 0.717) is 30.9 Å². The van der Waals surface area contributed by atoms with Crippen LogP contribution in [0.3, 0.4) is 0 Å². The fraction of sp³-hybridized carbons (Fsp3) is 0.250. The highest BCUT2D eigenvalue weighted by molar-refractivity contribution is 8.16. The molecule has 0 unspecified atom stereocenters. The second-order valence-electron chi connectivity index (χ2n) is 7.74. The fourth-order valence-electron chi connectivity index (χ4n) is 3.23. The summed E-state index contributed by atoms with van der Waals surface area (Å²) >= 11 is 0.775. The first-order valence-electron chi connectivity index (χ1n) is 10.9. The quantitative estimate of drug-likeness (QED) is 0.324. The molecule has 0 aliphatic carbocycles. The lowest BCUT2D eigenvalue weighted by Gasteiger charge is -2.24. The molecule has 0 saturated heterocycles. The van der Waals surface area contributed by atoms with E-state index in [1.54, 1.807) is 24.3 Å². The SMILES string of the molecule is CCS(=O)(=O)C1=NSC2=NC(=O)/C(=C\c3ccc(OCCCOc4ccc(C)cc4)cc3)C(=N)N21. The van der Waals surface area contributed by atoms with Gasteiger partial charge in [0.25, 0.3) is 5.91 Å². The topological polar surface area (TPSA) is 121 Å². The maximum Gasteiger partial charge on any atom is 0.283 e. The number of nitrogens with zero attached hydrogens (tertiary/aromatic N) is 3. The molecule has 1 amide bonds. The Hall–Kier alpha value is -3.44. The molecule has 11 heteroatoms. The van der Waals surface area contributed by atoms with Crippen LogP contribution in [-0.2, 0) is 14.6 Å². The maximum atomic E-state index is 12.5. The van der Waals surface area contributed by atoms with Gasteiger partial charge in [-0.15, -0.1) is 0 Å². The van der Waals surface area contributed by atoms with Crippen LogP contribution in [0, 0.1) is 12.3 Å². The second kappa shape index (κ2) is 10.4. The molecule has 182 valence electrons. The molecule has 0 saturated carbocycles. The summed E-state index contributed by atoms with van der Waals surface area (Å²) in [6, 6.07) is 14.9. The summed E-state index contributed by atoms with van der Waals surface area (Å²) in [7, 11) is -3.68. The Balaban J connectivity index is 1.36. The molecule has 0 atom stereocenters. The Morgan fingerprint density at radius 3 is 2.23 bits per heavy atom. The molecule has 9 nitrogen and oxygen atoms in total. The van der Waals surface area contributed by atoms with Crippen LogP contribution in [0.2, 0.25) is 0 Å². The van der Waals surface area contributed by atoms with Gasteiger partial charge in [-0.3, -0.25) is 10.2 Å². The molecule has 0 aromatic heterocycles. The minimum atomic E-state index is -3.68. The van der Waals surface area contributed by atoms with Crippen molar-refractivity contribution in [1.29, 1.82) is 5.41 Å². The summed E-state index contributed by atoms with van der Waals surface area (Å²) in [4.78, 5) is 17.5. The van der Waals surface area contributed by atoms with Crippen molar-refractivity contribution < 1.29 is 22.7 Å². The zero-order chi connectivity index (χ0) is 25.0. The summed E-state index contributed by atoms with van der Waals surface area (Å²) in [6.45, 7) is 4.53. The number of benzene rings is 2. The molecule has 2 aromatic rings. The van der Waals surface area contributed by atoms with Crippen molar-refractivity contribution in [3.8, 4) is 11.5 Å². The molecule has 2 aromatic carbocycles. The number of amidine groups is 3. The van der Waals surface area contributed by atoms with E-state index in [0.717, 1.165) is 22.6 Å². The van der Waals surface area contributed by atoms with Gasteiger partial charge in [-0.2, -0.15) is 9.39 Å². The third-order valence-corrected chi connectivity index (χ3v) is 7.60. The lowest BCUT2D eigenvalue weighted by Crippen LogP contribution is -2.45. The zero-order valence-electron chi connectivity index (χ0n) is 19.2. The van der Waals surface area contributed by atoms with E-state index in [1.165, 1.54) is 18.6 Å². The lowest BCUT2D eigenvalue weighted by atomic mass is 10.1. The van der Waals surface area contributed by atoms with E-state index in [2.05, 4.69) is 9.39 Å². The van der Waals surface area contributed by atoms with E-state index in [-0.39, 0.29) is 27.5 Å². The molecule has 0 spiro atoms. The first kappa shape index (κ1) is 24.7. The average molecular weight is 513 g/mol. The van der Waals surface area contributed by atoms with Crippen LogP contribution in [0.5, 0.6) is 11.5 Å². The standard InChI is InChI=1S/C24H24N4O5S2/c1-3-35(30,31)24-27-34-23-26-22(29)20(21(25)28(23)24)15-17-7-11-19(12-8-17)33-14-4-13-32-18-9-5-16(2)6-10-18/h5-12,15,25H,3-4,13-14H2,1-2H3/b20-15-,25-21?. The van der Waals surface area contributed by atoms with Gasteiger partial charge in [0, 0.05) is 6.42 Å². The van der Waals surface area contributed by atoms with Gasteiger partial charge in [0.15, 0.2) is 0 Å². The number of hydrogen-bond donors (Lipinski definition) is 1. The van der Waals surface area contributed by atoms with Crippen molar-refractivity contribution in [2.75, 3.05) is 19.0 Å². The normalized spacial score (nSPS) is 16.7. The first-order chi connectivity index (χ1) is 16.8. The van der Waals surface area contributed by atoms with Crippen LogP contribution >= 0.6 is 11.9 Å². The van der Waals surface area contributed by atoms with Gasteiger partial charge in [0.05, 0.1) is 36.5 Å². The van der Waals surface area contributed by atoms with Gasteiger partial charge in [-0.05, 0) is 42.8 Å². The van der Waals surface area contributed by atoms with Crippen molar-refractivity contribution in [2.24, 2.45) is 9.39 Å². The third kappa shape index (κ3) is 5.63. The van der Waals surface area contributed by atoms with Gasteiger partial charge in [0.2, 0.25) is 20.2 Å². The minimum Gasteiger partial charge on any atom is -0.493 e. The third-order valence-electron chi connectivity index (χ3n) is 5.19. The molecule has 0 radical (unpaired) electrons. The Morgan fingerprint density at radius 1 is 1.03 bits per heavy atom. The van der Waals surface area contributed by atoms with Crippen molar-refractivity contribution in [1.82, 2.24) is 4.90 Å². The van der Waals surface area contributed by atoms with Gasteiger partial charge in [-0.1, -0.05) is 36.8 Å². The van der Waals surface area contributed by atoms with Crippen LogP contribution < -0.4 is 9.47 Å². The van der Waals surface area contributed by atoms with Gasteiger partial charge in [0.1, 0.15) is 17.3 Å². The summed E-state index contributed by atoms with van der Waals surface area (Å²) in [6.07, 6.45) is 2.22. The number of carbonyl (C=O) groups excluding carboxylic acids is 1. The number of carbonyl (C=O) groups is 1. The number of fused-ring (bicyclic) bond motifs is 1.